The first kappa shape index (κ1) is 15.8. The molecule has 0 aliphatic carbocycles. The van der Waals surface area contributed by atoms with Crippen LogP contribution in [0.5, 0.6) is 0 Å². The summed E-state index contributed by atoms with van der Waals surface area (Å²) in [4.78, 5) is 16.3. The number of anilines is 2. The fourth-order valence-corrected chi connectivity index (χ4v) is 2.91. The molecule has 2 heterocycles. The molecule has 0 atom stereocenters. The molecule has 4 N–H and O–H groups in total. The Bertz CT molecular complexity index is 644. The van der Waals surface area contributed by atoms with E-state index in [4.69, 9.17) is 5.84 Å². The topological polar surface area (TPSA) is 106 Å². The van der Waals surface area contributed by atoms with Gasteiger partial charge >= 0.3 is 0 Å². The smallest absolute Gasteiger partial charge is 0.261 e. The summed E-state index contributed by atoms with van der Waals surface area (Å²) in [5.74, 6) is 5.80. The van der Waals surface area contributed by atoms with Gasteiger partial charge in [-0.15, -0.1) is 10.2 Å². The van der Waals surface area contributed by atoms with Crippen molar-refractivity contribution in [2.45, 2.75) is 20.3 Å². The molecule has 0 aliphatic rings. The molecule has 112 valence electrons. The van der Waals surface area contributed by atoms with Crippen LogP contribution < -0.4 is 16.6 Å². The number of carbonyl (C=O) groups excluding carboxylic acids is 1. The van der Waals surface area contributed by atoms with Crippen molar-refractivity contribution in [2.24, 2.45) is 11.8 Å². The maximum atomic E-state index is 12.2. The van der Waals surface area contributed by atoms with Crippen LogP contribution in [0.25, 0.3) is 0 Å². The highest BCUT2D eigenvalue weighted by Gasteiger charge is 2.15. The minimum atomic E-state index is -0.344. The molecule has 0 saturated carbocycles. The summed E-state index contributed by atoms with van der Waals surface area (Å²) < 4.78 is 0.685. The molecule has 0 aliphatic heterocycles. The number of nitrogens with zero attached hydrogens (tertiary/aromatic N) is 3. The number of nitrogen functional groups attached to an aromatic ring is 1. The zero-order chi connectivity index (χ0) is 15.4. The van der Waals surface area contributed by atoms with Crippen molar-refractivity contribution in [2.75, 3.05) is 10.7 Å². The van der Waals surface area contributed by atoms with Crippen LogP contribution in [0.3, 0.4) is 0 Å². The van der Waals surface area contributed by atoms with Gasteiger partial charge in [-0.3, -0.25) is 10.1 Å². The molecule has 21 heavy (non-hydrogen) atoms. The highest BCUT2D eigenvalue weighted by molar-refractivity contribution is 9.10. The van der Waals surface area contributed by atoms with Crippen molar-refractivity contribution in [1.29, 1.82) is 0 Å². The zero-order valence-electron chi connectivity index (χ0n) is 11.6. The second-order valence-electron chi connectivity index (χ2n) is 4.75. The van der Waals surface area contributed by atoms with Crippen LogP contribution in [0.4, 0.5) is 10.9 Å². The number of aromatic nitrogens is 3. The first-order valence-electron chi connectivity index (χ1n) is 6.25. The van der Waals surface area contributed by atoms with Crippen molar-refractivity contribution < 1.29 is 4.79 Å². The average Bonchev–Trinajstić information content (AvgIpc) is 2.85. The number of rotatable bonds is 5. The number of hydrogen-bond acceptors (Lipinski definition) is 7. The third-order valence-electron chi connectivity index (χ3n) is 2.51. The molecule has 0 radical (unpaired) electrons. The number of carbonyl (C=O) groups is 1. The fourth-order valence-electron chi connectivity index (χ4n) is 1.63. The molecule has 1 amide bonds. The minimum absolute atomic E-state index is 0.294. The van der Waals surface area contributed by atoms with Gasteiger partial charge in [0.05, 0.1) is 5.56 Å². The quantitative estimate of drug-likeness (QED) is 0.551. The normalized spacial score (nSPS) is 10.7. The van der Waals surface area contributed by atoms with Gasteiger partial charge in [0, 0.05) is 17.1 Å². The zero-order valence-corrected chi connectivity index (χ0v) is 14.0. The highest BCUT2D eigenvalue weighted by Crippen LogP contribution is 2.22. The Morgan fingerprint density at radius 3 is 2.90 bits per heavy atom. The molecular formula is C12H15BrN6OS. The van der Waals surface area contributed by atoms with Gasteiger partial charge in [-0.2, -0.15) is 0 Å². The number of amides is 1. The van der Waals surface area contributed by atoms with Crippen molar-refractivity contribution in [1.82, 2.24) is 15.2 Å². The van der Waals surface area contributed by atoms with Gasteiger partial charge in [-0.25, -0.2) is 10.8 Å². The highest BCUT2D eigenvalue weighted by atomic mass is 79.9. The predicted molar refractivity (Wildman–Crippen MR) is 86.2 cm³/mol. The minimum Gasteiger partial charge on any atom is -0.308 e. The average molecular weight is 371 g/mol. The van der Waals surface area contributed by atoms with Gasteiger partial charge in [0.25, 0.3) is 5.91 Å². The second-order valence-corrected chi connectivity index (χ2v) is 6.72. The van der Waals surface area contributed by atoms with Crippen molar-refractivity contribution in [3.05, 3.63) is 27.3 Å². The number of halogens is 1. The van der Waals surface area contributed by atoms with Crippen LogP contribution in [0, 0.1) is 5.92 Å². The first-order valence-corrected chi connectivity index (χ1v) is 7.86. The Morgan fingerprint density at radius 2 is 2.24 bits per heavy atom. The summed E-state index contributed by atoms with van der Waals surface area (Å²) >= 11 is 4.64. The van der Waals surface area contributed by atoms with Crippen LogP contribution in [0.15, 0.2) is 16.7 Å². The SMILES string of the molecule is CC(C)Cc1nnc(NC(=O)c2cc(Br)cnc2NN)s1. The van der Waals surface area contributed by atoms with E-state index in [2.05, 4.69) is 55.7 Å². The predicted octanol–water partition coefficient (Wildman–Crippen LogP) is 2.43. The van der Waals surface area contributed by atoms with Gasteiger partial charge in [0.1, 0.15) is 5.01 Å². The van der Waals surface area contributed by atoms with Crippen molar-refractivity contribution in [3.63, 3.8) is 0 Å². The molecule has 7 nitrogen and oxygen atoms in total. The number of nitrogens with two attached hydrogens (primary N) is 1. The van der Waals surface area contributed by atoms with E-state index in [1.54, 1.807) is 12.3 Å². The molecule has 2 rings (SSSR count). The third-order valence-corrected chi connectivity index (χ3v) is 3.80. The molecule has 0 unspecified atom stereocenters. The molecule has 0 aromatic carbocycles. The Kier molecular flexibility index (Phi) is 5.21. The molecular weight excluding hydrogens is 356 g/mol. The molecule has 2 aromatic heterocycles. The first-order chi connectivity index (χ1) is 9.99. The molecule has 0 saturated heterocycles. The number of hydrazine groups is 1. The van der Waals surface area contributed by atoms with E-state index in [1.165, 1.54) is 11.3 Å². The summed E-state index contributed by atoms with van der Waals surface area (Å²) in [6.45, 7) is 4.21. The van der Waals surface area contributed by atoms with Gasteiger partial charge in [0.2, 0.25) is 5.13 Å². The van der Waals surface area contributed by atoms with E-state index in [0.717, 1.165) is 11.4 Å². The van der Waals surface area contributed by atoms with Gasteiger partial charge in [0.15, 0.2) is 5.82 Å². The number of nitrogens with one attached hydrogen (secondary N) is 2. The van der Waals surface area contributed by atoms with Crippen LogP contribution in [0.2, 0.25) is 0 Å². The molecule has 9 heteroatoms. The Balaban J connectivity index is 2.14. The molecule has 0 bridgehead atoms. The lowest BCUT2D eigenvalue weighted by molar-refractivity contribution is 0.102. The van der Waals surface area contributed by atoms with Crippen LogP contribution >= 0.6 is 27.3 Å². The summed E-state index contributed by atoms with van der Waals surface area (Å²) in [6, 6.07) is 1.63. The van der Waals surface area contributed by atoms with Gasteiger partial charge < -0.3 is 5.43 Å². The molecule has 0 spiro atoms. The Labute approximate surface area is 134 Å². The summed E-state index contributed by atoms with van der Waals surface area (Å²) in [5.41, 5.74) is 2.72. The van der Waals surface area contributed by atoms with E-state index in [-0.39, 0.29) is 5.91 Å². The largest absolute Gasteiger partial charge is 0.308 e. The van der Waals surface area contributed by atoms with Crippen molar-refractivity contribution in [3.8, 4) is 0 Å². The summed E-state index contributed by atoms with van der Waals surface area (Å²) in [6.07, 6.45) is 2.39. The van der Waals surface area contributed by atoms with Crippen molar-refractivity contribution >= 4 is 44.1 Å². The van der Waals surface area contributed by atoms with Gasteiger partial charge in [-0.05, 0) is 27.9 Å². The lowest BCUT2D eigenvalue weighted by Crippen LogP contribution is -2.18. The Hall–Kier alpha value is -1.58. The van der Waals surface area contributed by atoms with E-state index in [0.29, 0.717) is 26.9 Å². The number of pyridine rings is 1. The Morgan fingerprint density at radius 1 is 1.48 bits per heavy atom. The summed E-state index contributed by atoms with van der Waals surface area (Å²) in [7, 11) is 0. The maximum absolute atomic E-state index is 12.2. The van der Waals surface area contributed by atoms with E-state index in [9.17, 15) is 4.79 Å². The van der Waals surface area contributed by atoms with Gasteiger partial charge in [-0.1, -0.05) is 25.2 Å². The maximum Gasteiger partial charge on any atom is 0.261 e. The molecule has 0 fully saturated rings. The fraction of sp³-hybridized carbons (Fsp3) is 0.333. The lowest BCUT2D eigenvalue weighted by Gasteiger charge is -2.07. The summed E-state index contributed by atoms with van der Waals surface area (Å²) in [5, 5.41) is 12.1. The van der Waals surface area contributed by atoms with Crippen LogP contribution in [0.1, 0.15) is 29.2 Å². The monoisotopic (exact) mass is 370 g/mol. The van der Waals surface area contributed by atoms with E-state index < -0.39 is 0 Å². The number of hydrogen-bond donors (Lipinski definition) is 3. The third kappa shape index (κ3) is 4.19. The van der Waals surface area contributed by atoms with Crippen LogP contribution in [-0.2, 0) is 6.42 Å². The van der Waals surface area contributed by atoms with E-state index in [1.807, 2.05) is 0 Å². The molecule has 2 aromatic rings. The van der Waals surface area contributed by atoms with E-state index >= 15 is 0 Å². The standard InChI is InChI=1S/C12H15BrN6OS/c1-6(2)3-9-18-19-12(21-9)16-11(20)8-4-7(13)5-15-10(8)17-14/h4-6H,3,14H2,1-2H3,(H,15,17)(H,16,19,20). The van der Waals surface area contributed by atoms with Crippen LogP contribution in [-0.4, -0.2) is 21.1 Å². The second kappa shape index (κ2) is 6.92. The lowest BCUT2D eigenvalue weighted by atomic mass is 10.1.